The third-order valence-corrected chi connectivity index (χ3v) is 11.7. The maximum Gasteiger partial charge on any atom is 0.236 e. The number of amides is 1. The zero-order chi connectivity index (χ0) is 28.0. The van der Waals surface area contributed by atoms with Crippen LogP contribution in [0.25, 0.3) is 0 Å². The first kappa shape index (κ1) is 27.8. The van der Waals surface area contributed by atoms with Gasteiger partial charge >= 0.3 is 0 Å². The van der Waals surface area contributed by atoms with Crippen LogP contribution in [0, 0.1) is 5.41 Å². The lowest BCUT2D eigenvalue weighted by Gasteiger charge is -2.51. The van der Waals surface area contributed by atoms with Crippen molar-refractivity contribution in [3.8, 4) is 0 Å². The largest absolute Gasteiger partial charge is 0.390 e. The number of carbonyl (C=O) groups excluding carboxylic acids is 1. The van der Waals surface area contributed by atoms with Gasteiger partial charge < -0.3 is 20.6 Å². The van der Waals surface area contributed by atoms with Gasteiger partial charge in [-0.05, 0) is 108 Å². The molecular weight excluding hydrogens is 522 g/mol. The molecule has 1 amide bonds. The molecule has 1 aromatic carbocycles. The van der Waals surface area contributed by atoms with Crippen molar-refractivity contribution in [3.63, 3.8) is 0 Å². The zero-order valence-electron chi connectivity index (χ0n) is 23.9. The van der Waals surface area contributed by atoms with E-state index in [0.717, 1.165) is 61.2 Å². The molecule has 1 saturated heterocycles. The van der Waals surface area contributed by atoms with Crippen LogP contribution in [-0.2, 0) is 21.0 Å². The van der Waals surface area contributed by atoms with Crippen LogP contribution < -0.4 is 10.6 Å². The van der Waals surface area contributed by atoms with E-state index < -0.39 is 10.8 Å². The molecule has 7 rings (SSSR count). The van der Waals surface area contributed by atoms with Gasteiger partial charge in [-0.1, -0.05) is 26.2 Å². The fourth-order valence-electron chi connectivity index (χ4n) is 6.98. The van der Waals surface area contributed by atoms with Crippen LogP contribution in [0.2, 0.25) is 0 Å². The van der Waals surface area contributed by atoms with Crippen LogP contribution in [0.3, 0.4) is 0 Å². The van der Waals surface area contributed by atoms with Crippen LogP contribution in [-0.4, -0.2) is 60.6 Å². The molecule has 3 heterocycles. The highest BCUT2D eigenvalue weighted by Crippen LogP contribution is 2.54. The molecule has 9 heteroatoms. The second-order valence-electron chi connectivity index (χ2n) is 13.0. The number of rotatable bonds is 5. The highest BCUT2D eigenvalue weighted by molar-refractivity contribution is 7.85. The van der Waals surface area contributed by atoms with Crippen molar-refractivity contribution in [1.82, 2.24) is 14.9 Å². The summed E-state index contributed by atoms with van der Waals surface area (Å²) in [7, 11) is -0.960. The van der Waals surface area contributed by atoms with E-state index in [1.807, 2.05) is 31.2 Å². The van der Waals surface area contributed by atoms with Crippen molar-refractivity contribution in [3.05, 3.63) is 36.0 Å². The summed E-state index contributed by atoms with van der Waals surface area (Å²) in [6, 6.07) is 7.74. The summed E-state index contributed by atoms with van der Waals surface area (Å²) in [5.74, 6) is 1.11. The highest BCUT2D eigenvalue weighted by Gasteiger charge is 2.57. The van der Waals surface area contributed by atoms with Gasteiger partial charge in [0.05, 0.1) is 21.8 Å². The maximum atomic E-state index is 13.1. The van der Waals surface area contributed by atoms with Gasteiger partial charge in [0.25, 0.3) is 0 Å². The number of anilines is 3. The number of hydrogen-bond donors (Lipinski definition) is 3. The van der Waals surface area contributed by atoms with Crippen LogP contribution in [0.15, 0.2) is 35.4 Å². The third-order valence-electron chi connectivity index (χ3n) is 9.98. The van der Waals surface area contributed by atoms with E-state index in [1.54, 1.807) is 6.20 Å². The highest BCUT2D eigenvalue weighted by atomic mass is 32.2. The van der Waals surface area contributed by atoms with E-state index in [4.69, 9.17) is 0 Å². The van der Waals surface area contributed by atoms with Gasteiger partial charge in [0.2, 0.25) is 11.9 Å². The number of nitrogens with one attached hydrogen (secondary N) is 2. The van der Waals surface area contributed by atoms with E-state index in [1.165, 1.54) is 45.2 Å². The van der Waals surface area contributed by atoms with Crippen molar-refractivity contribution < 1.29 is 14.1 Å². The molecule has 216 valence electrons. The lowest BCUT2D eigenvalue weighted by Crippen LogP contribution is -2.50. The summed E-state index contributed by atoms with van der Waals surface area (Å²) in [5.41, 5.74) is 1.50. The molecule has 1 aromatic heterocycles. The molecule has 2 spiro atoms. The SMILES string of the molecule is CC1(O)CCCCC1.CCN1CCC2(CC1)CC(S(=O)c1ccc(Nc3ncc4c(n3)NC(=O)C43CC3)cc1)C2. The molecule has 0 radical (unpaired) electrons. The molecule has 2 aliphatic heterocycles. The van der Waals surface area contributed by atoms with Crippen molar-refractivity contribution >= 4 is 34.2 Å². The van der Waals surface area contributed by atoms with Crippen molar-refractivity contribution in [2.75, 3.05) is 30.3 Å². The second kappa shape index (κ2) is 10.8. The Labute approximate surface area is 240 Å². The molecule has 0 bridgehead atoms. The summed E-state index contributed by atoms with van der Waals surface area (Å²) < 4.78 is 13.1. The Bertz CT molecular complexity index is 1250. The Kier molecular flexibility index (Phi) is 7.51. The number of likely N-dealkylation sites (tertiary alicyclic amines) is 1. The number of nitrogens with zero attached hydrogens (tertiary/aromatic N) is 3. The molecule has 4 fully saturated rings. The fourth-order valence-corrected chi connectivity index (χ4v) is 8.77. The number of aromatic nitrogens is 2. The van der Waals surface area contributed by atoms with Crippen molar-refractivity contribution in [1.29, 1.82) is 0 Å². The Morgan fingerprint density at radius 1 is 1.05 bits per heavy atom. The molecule has 3 aliphatic carbocycles. The Balaban J connectivity index is 0.000000313. The van der Waals surface area contributed by atoms with E-state index in [2.05, 4.69) is 32.4 Å². The third kappa shape index (κ3) is 5.57. The second-order valence-corrected chi connectivity index (χ2v) is 14.7. The normalized spacial score (nSPS) is 24.8. The average molecular weight is 566 g/mol. The van der Waals surface area contributed by atoms with E-state index in [0.29, 0.717) is 17.2 Å². The van der Waals surface area contributed by atoms with E-state index in [-0.39, 0.29) is 22.2 Å². The van der Waals surface area contributed by atoms with Crippen LogP contribution >= 0.6 is 0 Å². The smallest absolute Gasteiger partial charge is 0.236 e. The standard InChI is InChI=1S/C24H29N5O2S.C7H14O/c1-2-29-11-9-23(10-12-29)13-18(14-23)32(31)17-5-3-16(4-6-17)26-22-25-15-19-20(28-22)27-21(30)24(19)7-8-24;1-7(8)5-3-2-4-6-7/h3-6,15,18H,2,7-14H2,1H3,(H2,25,26,27,28,30);8H,2-6H2,1H3. The Morgan fingerprint density at radius 2 is 1.73 bits per heavy atom. The van der Waals surface area contributed by atoms with E-state index in [9.17, 15) is 14.1 Å². The summed E-state index contributed by atoms with van der Waals surface area (Å²) in [6.45, 7) is 7.67. The first-order valence-corrected chi connectivity index (χ1v) is 16.3. The average Bonchev–Trinajstić information content (AvgIpc) is 3.69. The van der Waals surface area contributed by atoms with Gasteiger partial charge in [-0.15, -0.1) is 0 Å². The number of aliphatic hydroxyl groups is 1. The molecular formula is C31H43N5O3S. The summed E-state index contributed by atoms with van der Waals surface area (Å²) in [6.07, 6.45) is 14.0. The van der Waals surface area contributed by atoms with Gasteiger partial charge in [0.1, 0.15) is 5.82 Å². The quantitative estimate of drug-likeness (QED) is 0.453. The van der Waals surface area contributed by atoms with Crippen LogP contribution in [0.1, 0.15) is 90.0 Å². The number of fused-ring (bicyclic) bond motifs is 2. The number of piperidine rings is 1. The van der Waals surface area contributed by atoms with E-state index >= 15 is 0 Å². The topological polar surface area (TPSA) is 107 Å². The molecule has 40 heavy (non-hydrogen) atoms. The molecule has 5 aliphatic rings. The number of hydrogen-bond acceptors (Lipinski definition) is 7. The van der Waals surface area contributed by atoms with Gasteiger partial charge in [0.15, 0.2) is 0 Å². The minimum absolute atomic E-state index is 0.0412. The monoisotopic (exact) mass is 565 g/mol. The molecule has 8 nitrogen and oxygen atoms in total. The van der Waals surface area contributed by atoms with Crippen LogP contribution in [0.4, 0.5) is 17.5 Å². The van der Waals surface area contributed by atoms with Crippen molar-refractivity contribution in [2.45, 2.75) is 106 Å². The molecule has 2 aromatic rings. The predicted octanol–water partition coefficient (Wildman–Crippen LogP) is 5.28. The zero-order valence-corrected chi connectivity index (χ0v) is 24.7. The molecule has 1 unspecified atom stereocenters. The fraction of sp³-hybridized carbons (Fsp3) is 0.645. The first-order chi connectivity index (χ1) is 19.2. The lowest BCUT2D eigenvalue weighted by atomic mass is 9.63. The van der Waals surface area contributed by atoms with Gasteiger partial charge in [-0.25, -0.2) is 4.98 Å². The van der Waals surface area contributed by atoms with Gasteiger partial charge in [0, 0.05) is 27.6 Å². The lowest BCUT2D eigenvalue weighted by molar-refractivity contribution is -0.117. The molecule has 1 atom stereocenters. The predicted molar refractivity (Wildman–Crippen MR) is 158 cm³/mol. The number of carbonyl (C=O) groups is 1. The minimum atomic E-state index is -0.960. The van der Waals surface area contributed by atoms with Crippen LogP contribution in [0.5, 0.6) is 0 Å². The van der Waals surface area contributed by atoms with Gasteiger partial charge in [-0.2, -0.15) is 4.98 Å². The Hall–Kier alpha value is -2.36. The maximum absolute atomic E-state index is 13.1. The summed E-state index contributed by atoms with van der Waals surface area (Å²) in [4.78, 5) is 24.5. The molecule has 3 saturated carbocycles. The minimum Gasteiger partial charge on any atom is -0.390 e. The van der Waals surface area contributed by atoms with Crippen molar-refractivity contribution in [2.24, 2.45) is 5.41 Å². The molecule has 3 N–H and O–H groups in total. The number of benzene rings is 1. The first-order valence-electron chi connectivity index (χ1n) is 15.1. The summed E-state index contributed by atoms with van der Waals surface area (Å²) >= 11 is 0. The Morgan fingerprint density at radius 3 is 2.30 bits per heavy atom. The van der Waals surface area contributed by atoms with Gasteiger partial charge in [-0.3, -0.25) is 9.00 Å². The summed E-state index contributed by atoms with van der Waals surface area (Å²) in [5, 5.41) is 15.7.